The first-order valence-corrected chi connectivity index (χ1v) is 5.66. The minimum atomic E-state index is -0.474. The van der Waals surface area contributed by atoms with Crippen molar-refractivity contribution >= 4 is 0 Å². The van der Waals surface area contributed by atoms with Crippen molar-refractivity contribution < 1.29 is 4.39 Å². The summed E-state index contributed by atoms with van der Waals surface area (Å²) in [4.78, 5) is 0. The van der Waals surface area contributed by atoms with Crippen molar-refractivity contribution in [2.45, 2.75) is 13.1 Å². The third kappa shape index (κ3) is 3.15. The molecule has 1 N–H and O–H groups in total. The Labute approximate surface area is 105 Å². The molecule has 92 valence electrons. The molecule has 0 atom stereocenters. The highest BCUT2D eigenvalue weighted by atomic mass is 19.1. The van der Waals surface area contributed by atoms with Gasteiger partial charge in [0.1, 0.15) is 11.9 Å². The van der Waals surface area contributed by atoms with Crippen molar-refractivity contribution in [3.8, 4) is 6.07 Å². The van der Waals surface area contributed by atoms with Gasteiger partial charge in [-0.2, -0.15) is 10.4 Å². The Bertz CT molecular complexity index is 543. The van der Waals surface area contributed by atoms with Gasteiger partial charge in [-0.3, -0.25) is 4.68 Å². The number of hydrogen-bond donors (Lipinski definition) is 1. The first kappa shape index (κ1) is 12.3. The van der Waals surface area contributed by atoms with Crippen molar-refractivity contribution in [1.82, 2.24) is 15.1 Å². The van der Waals surface area contributed by atoms with Crippen LogP contribution < -0.4 is 5.32 Å². The smallest absolute Gasteiger partial charge is 0.140 e. The third-order valence-electron chi connectivity index (χ3n) is 2.56. The van der Waals surface area contributed by atoms with Gasteiger partial charge in [-0.05, 0) is 23.8 Å². The highest BCUT2D eigenvalue weighted by Crippen LogP contribution is 2.09. The molecule has 0 bridgehead atoms. The molecule has 2 aromatic rings. The van der Waals surface area contributed by atoms with E-state index < -0.39 is 5.82 Å². The second-order valence-corrected chi connectivity index (χ2v) is 3.87. The van der Waals surface area contributed by atoms with Gasteiger partial charge in [0.25, 0.3) is 0 Å². The molecule has 4 nitrogen and oxygen atoms in total. The SMILES string of the molecule is N#Cc1cc(CNCCn2cccn2)ccc1F. The zero-order chi connectivity index (χ0) is 12.8. The maximum absolute atomic E-state index is 13.1. The molecular formula is C13H13FN4. The average molecular weight is 244 g/mol. The summed E-state index contributed by atoms with van der Waals surface area (Å²) in [5.41, 5.74) is 0.981. The lowest BCUT2D eigenvalue weighted by atomic mass is 10.1. The van der Waals surface area contributed by atoms with Crippen LogP contribution >= 0.6 is 0 Å². The topological polar surface area (TPSA) is 53.6 Å². The van der Waals surface area contributed by atoms with Gasteiger partial charge in [0, 0.05) is 25.5 Å². The Morgan fingerprint density at radius 1 is 1.44 bits per heavy atom. The maximum Gasteiger partial charge on any atom is 0.140 e. The fraction of sp³-hybridized carbons (Fsp3) is 0.231. The zero-order valence-electron chi connectivity index (χ0n) is 9.81. The number of nitrogens with one attached hydrogen (secondary N) is 1. The van der Waals surface area contributed by atoms with Crippen molar-refractivity contribution in [1.29, 1.82) is 5.26 Å². The van der Waals surface area contributed by atoms with Crippen LogP contribution in [0.25, 0.3) is 0 Å². The Balaban J connectivity index is 1.82. The van der Waals surface area contributed by atoms with Crippen molar-refractivity contribution in [3.63, 3.8) is 0 Å². The number of benzene rings is 1. The molecule has 0 saturated heterocycles. The molecule has 1 heterocycles. The largest absolute Gasteiger partial charge is 0.311 e. The summed E-state index contributed by atoms with van der Waals surface area (Å²) in [5, 5.41) is 16.0. The van der Waals surface area contributed by atoms with Crippen LogP contribution in [0.15, 0.2) is 36.7 Å². The van der Waals surface area contributed by atoms with E-state index in [9.17, 15) is 4.39 Å². The molecule has 0 fully saturated rings. The van der Waals surface area contributed by atoms with Gasteiger partial charge in [-0.15, -0.1) is 0 Å². The molecule has 5 heteroatoms. The first-order chi connectivity index (χ1) is 8.79. The predicted molar refractivity (Wildman–Crippen MR) is 65.0 cm³/mol. The number of aromatic nitrogens is 2. The van der Waals surface area contributed by atoms with E-state index in [1.165, 1.54) is 6.07 Å². The molecule has 0 aliphatic rings. The van der Waals surface area contributed by atoms with Crippen LogP contribution in [0, 0.1) is 17.1 Å². The van der Waals surface area contributed by atoms with E-state index in [0.717, 1.165) is 18.7 Å². The minimum absolute atomic E-state index is 0.0846. The lowest BCUT2D eigenvalue weighted by Gasteiger charge is -2.06. The molecule has 1 aromatic carbocycles. The standard InChI is InChI=1S/C13H13FN4/c14-13-3-2-11(8-12(13)9-15)10-16-5-7-18-6-1-4-17-18/h1-4,6,8,16H,5,7,10H2. The van der Waals surface area contributed by atoms with E-state index in [0.29, 0.717) is 6.54 Å². The number of hydrogen-bond acceptors (Lipinski definition) is 3. The van der Waals surface area contributed by atoms with Gasteiger partial charge in [-0.25, -0.2) is 4.39 Å². The van der Waals surface area contributed by atoms with E-state index in [-0.39, 0.29) is 5.56 Å². The Kier molecular flexibility index (Phi) is 4.05. The summed E-state index contributed by atoms with van der Waals surface area (Å²) in [6, 6.07) is 8.27. The van der Waals surface area contributed by atoms with E-state index in [1.807, 2.05) is 23.0 Å². The summed E-state index contributed by atoms with van der Waals surface area (Å²) in [6.45, 7) is 2.15. The van der Waals surface area contributed by atoms with Gasteiger partial charge in [0.05, 0.1) is 12.1 Å². The molecule has 1 aromatic heterocycles. The van der Waals surface area contributed by atoms with Crippen molar-refractivity contribution in [2.75, 3.05) is 6.54 Å². The molecule has 18 heavy (non-hydrogen) atoms. The van der Waals surface area contributed by atoms with Crippen molar-refractivity contribution in [3.05, 3.63) is 53.6 Å². The molecule has 0 saturated carbocycles. The second-order valence-electron chi connectivity index (χ2n) is 3.87. The van der Waals surface area contributed by atoms with Gasteiger partial charge >= 0.3 is 0 Å². The number of nitriles is 1. The molecular weight excluding hydrogens is 231 g/mol. The third-order valence-corrected chi connectivity index (χ3v) is 2.56. The van der Waals surface area contributed by atoms with Gasteiger partial charge in [-0.1, -0.05) is 6.07 Å². The zero-order valence-corrected chi connectivity index (χ0v) is 9.81. The summed E-state index contributed by atoms with van der Waals surface area (Å²) in [5.74, 6) is -0.474. The van der Waals surface area contributed by atoms with Gasteiger partial charge in [0.15, 0.2) is 0 Å². The van der Waals surface area contributed by atoms with Crippen LogP contribution in [0.3, 0.4) is 0 Å². The molecule has 2 rings (SSSR count). The average Bonchev–Trinajstić information content (AvgIpc) is 2.89. The van der Waals surface area contributed by atoms with E-state index in [2.05, 4.69) is 10.4 Å². The summed E-state index contributed by atoms with van der Waals surface area (Å²) >= 11 is 0. The fourth-order valence-electron chi connectivity index (χ4n) is 1.63. The summed E-state index contributed by atoms with van der Waals surface area (Å²) in [7, 11) is 0. The highest BCUT2D eigenvalue weighted by molar-refractivity contribution is 5.34. The van der Waals surface area contributed by atoms with Crippen LogP contribution in [0.1, 0.15) is 11.1 Å². The van der Waals surface area contributed by atoms with E-state index in [1.54, 1.807) is 18.3 Å². The second kappa shape index (κ2) is 5.94. The minimum Gasteiger partial charge on any atom is -0.311 e. The molecule has 0 aliphatic carbocycles. The molecule has 0 amide bonds. The van der Waals surface area contributed by atoms with Crippen LogP contribution in [-0.2, 0) is 13.1 Å². The molecule has 0 aliphatic heterocycles. The van der Waals surface area contributed by atoms with Crippen LogP contribution in [0.5, 0.6) is 0 Å². The van der Waals surface area contributed by atoms with Crippen LogP contribution in [-0.4, -0.2) is 16.3 Å². The number of halogens is 1. The molecule has 0 radical (unpaired) electrons. The quantitative estimate of drug-likeness (QED) is 0.814. The Hall–Kier alpha value is -2.19. The van der Waals surface area contributed by atoms with Gasteiger partial charge < -0.3 is 5.32 Å². The molecule has 0 unspecified atom stereocenters. The first-order valence-electron chi connectivity index (χ1n) is 5.66. The Morgan fingerprint density at radius 3 is 3.06 bits per heavy atom. The van der Waals surface area contributed by atoms with Crippen LogP contribution in [0.2, 0.25) is 0 Å². The lowest BCUT2D eigenvalue weighted by molar-refractivity contribution is 0.554. The monoisotopic (exact) mass is 244 g/mol. The summed E-state index contributed by atoms with van der Waals surface area (Å²) in [6.07, 6.45) is 3.63. The fourth-order valence-corrected chi connectivity index (χ4v) is 1.63. The van der Waals surface area contributed by atoms with Crippen LogP contribution in [0.4, 0.5) is 4.39 Å². The lowest BCUT2D eigenvalue weighted by Crippen LogP contribution is -2.19. The van der Waals surface area contributed by atoms with E-state index in [4.69, 9.17) is 5.26 Å². The molecule has 0 spiro atoms. The maximum atomic E-state index is 13.1. The Morgan fingerprint density at radius 2 is 2.33 bits per heavy atom. The normalized spacial score (nSPS) is 10.2. The predicted octanol–water partition coefficient (Wildman–Crippen LogP) is 1.68. The summed E-state index contributed by atoms with van der Waals surface area (Å²) < 4.78 is 14.9. The number of nitrogens with zero attached hydrogens (tertiary/aromatic N) is 3. The number of rotatable bonds is 5. The van der Waals surface area contributed by atoms with Crippen molar-refractivity contribution in [2.24, 2.45) is 0 Å². The van der Waals surface area contributed by atoms with Gasteiger partial charge in [0.2, 0.25) is 0 Å². The van der Waals surface area contributed by atoms with E-state index >= 15 is 0 Å². The highest BCUT2D eigenvalue weighted by Gasteiger charge is 2.02.